The molecule has 0 bridgehead atoms. The highest BCUT2D eigenvalue weighted by Gasteiger charge is 2.12. The van der Waals surface area contributed by atoms with E-state index in [0.29, 0.717) is 0 Å². The molecule has 0 saturated heterocycles. The molecule has 0 aromatic heterocycles. The lowest BCUT2D eigenvalue weighted by molar-refractivity contribution is 0.101. The van der Waals surface area contributed by atoms with Gasteiger partial charge in [-0.15, -0.1) is 0 Å². The van der Waals surface area contributed by atoms with Gasteiger partial charge in [-0.05, 0) is 43.0 Å². The first kappa shape index (κ1) is 11.6. The number of rotatable bonds is 2. The van der Waals surface area contributed by atoms with Crippen LogP contribution in [0.3, 0.4) is 0 Å². The van der Waals surface area contributed by atoms with Crippen LogP contribution in [0.15, 0.2) is 42.5 Å². The zero-order valence-electron chi connectivity index (χ0n) is 10.4. The summed E-state index contributed by atoms with van der Waals surface area (Å²) in [5.41, 5.74) is 5.25. The quantitative estimate of drug-likeness (QED) is 0.699. The van der Waals surface area contributed by atoms with Crippen LogP contribution in [0.4, 0.5) is 0 Å². The molecule has 1 heteroatoms. The molecule has 0 N–H and O–H groups in total. The molecule has 0 unspecified atom stereocenters. The third-order valence-corrected chi connectivity index (χ3v) is 3.06. The normalized spacial score (nSPS) is 10.3. The van der Waals surface area contributed by atoms with Crippen molar-refractivity contribution in [3.63, 3.8) is 0 Å². The summed E-state index contributed by atoms with van der Waals surface area (Å²) in [5, 5.41) is 0. The number of hydrogen-bond acceptors (Lipinski definition) is 1. The van der Waals surface area contributed by atoms with E-state index in [1.54, 1.807) is 6.92 Å². The molecule has 2 rings (SSSR count). The van der Waals surface area contributed by atoms with E-state index in [1.165, 1.54) is 5.56 Å². The highest BCUT2D eigenvalue weighted by atomic mass is 16.1. The first-order valence-corrected chi connectivity index (χ1v) is 5.78. The average Bonchev–Trinajstić information content (AvgIpc) is 2.28. The Labute approximate surface area is 102 Å². The highest BCUT2D eigenvalue weighted by Crippen LogP contribution is 2.28. The highest BCUT2D eigenvalue weighted by molar-refractivity contribution is 6.02. The molecule has 17 heavy (non-hydrogen) atoms. The van der Waals surface area contributed by atoms with Crippen molar-refractivity contribution in [1.29, 1.82) is 0 Å². The van der Waals surface area contributed by atoms with Crippen molar-refractivity contribution in [2.24, 2.45) is 0 Å². The fourth-order valence-corrected chi connectivity index (χ4v) is 2.23. The van der Waals surface area contributed by atoms with Gasteiger partial charge in [-0.25, -0.2) is 0 Å². The summed E-state index contributed by atoms with van der Waals surface area (Å²) in [6, 6.07) is 14.2. The van der Waals surface area contributed by atoms with Gasteiger partial charge in [0.05, 0.1) is 0 Å². The second kappa shape index (κ2) is 4.54. The van der Waals surface area contributed by atoms with Gasteiger partial charge in [0, 0.05) is 5.56 Å². The van der Waals surface area contributed by atoms with Crippen LogP contribution in [0.2, 0.25) is 0 Å². The molecular formula is C16H16O. The van der Waals surface area contributed by atoms with Crippen LogP contribution < -0.4 is 0 Å². The van der Waals surface area contributed by atoms with Crippen LogP contribution in [-0.2, 0) is 0 Å². The lowest BCUT2D eigenvalue weighted by Gasteiger charge is -2.12. The summed E-state index contributed by atoms with van der Waals surface area (Å²) >= 11 is 0. The smallest absolute Gasteiger partial charge is 0.160 e. The Bertz CT molecular complexity index is 567. The van der Waals surface area contributed by atoms with Crippen molar-refractivity contribution in [3.8, 4) is 11.1 Å². The molecule has 86 valence electrons. The Morgan fingerprint density at radius 1 is 0.824 bits per heavy atom. The predicted octanol–water partition coefficient (Wildman–Crippen LogP) is 4.17. The van der Waals surface area contributed by atoms with E-state index in [4.69, 9.17) is 0 Å². The van der Waals surface area contributed by atoms with Crippen molar-refractivity contribution < 1.29 is 4.79 Å². The van der Waals surface area contributed by atoms with E-state index >= 15 is 0 Å². The Balaban J connectivity index is 2.72. The molecule has 0 saturated carbocycles. The Hall–Kier alpha value is -1.89. The van der Waals surface area contributed by atoms with Crippen molar-refractivity contribution >= 4 is 5.78 Å². The topological polar surface area (TPSA) is 17.1 Å². The maximum atomic E-state index is 11.8. The molecule has 0 spiro atoms. The number of aryl methyl sites for hydroxylation is 2. The lowest BCUT2D eigenvalue weighted by atomic mass is 9.91. The van der Waals surface area contributed by atoms with E-state index in [9.17, 15) is 4.79 Å². The van der Waals surface area contributed by atoms with E-state index in [1.807, 2.05) is 37.3 Å². The van der Waals surface area contributed by atoms with Gasteiger partial charge in [0.25, 0.3) is 0 Å². The number of carbonyl (C=O) groups excluding carboxylic acids is 1. The molecule has 0 atom stereocenters. The van der Waals surface area contributed by atoms with Gasteiger partial charge in [0.15, 0.2) is 5.78 Å². The van der Waals surface area contributed by atoms with Gasteiger partial charge in [-0.3, -0.25) is 4.79 Å². The maximum Gasteiger partial charge on any atom is 0.160 e. The van der Waals surface area contributed by atoms with E-state index in [-0.39, 0.29) is 5.78 Å². The van der Waals surface area contributed by atoms with Crippen LogP contribution in [0.1, 0.15) is 28.4 Å². The van der Waals surface area contributed by atoms with Gasteiger partial charge < -0.3 is 0 Å². The molecule has 1 nitrogen and oxygen atoms in total. The monoisotopic (exact) mass is 224 g/mol. The molecule has 0 aliphatic rings. The largest absolute Gasteiger partial charge is 0.294 e. The van der Waals surface area contributed by atoms with Crippen LogP contribution in [0.5, 0.6) is 0 Å². The molecule has 0 heterocycles. The Morgan fingerprint density at radius 3 is 2.06 bits per heavy atom. The number of benzene rings is 2. The molecule has 0 radical (unpaired) electrons. The number of ketones is 1. The summed E-state index contributed by atoms with van der Waals surface area (Å²) in [6.45, 7) is 5.68. The summed E-state index contributed by atoms with van der Waals surface area (Å²) in [4.78, 5) is 11.8. The van der Waals surface area contributed by atoms with Crippen molar-refractivity contribution in [3.05, 3.63) is 59.2 Å². The predicted molar refractivity (Wildman–Crippen MR) is 71.4 cm³/mol. The molecule has 0 aliphatic heterocycles. The zero-order chi connectivity index (χ0) is 12.4. The molecule has 2 aromatic carbocycles. The first-order chi connectivity index (χ1) is 8.11. The van der Waals surface area contributed by atoms with E-state index in [2.05, 4.69) is 19.1 Å². The van der Waals surface area contributed by atoms with Crippen molar-refractivity contribution in [2.45, 2.75) is 20.8 Å². The minimum atomic E-state index is 0.126. The minimum Gasteiger partial charge on any atom is -0.294 e. The second-order valence-corrected chi connectivity index (χ2v) is 4.37. The third kappa shape index (κ3) is 2.14. The summed E-state index contributed by atoms with van der Waals surface area (Å²) in [7, 11) is 0. The third-order valence-electron chi connectivity index (χ3n) is 3.06. The van der Waals surface area contributed by atoms with Crippen LogP contribution in [0.25, 0.3) is 11.1 Å². The SMILES string of the molecule is CC(=O)c1c(C)cccc1-c1ccccc1C. The van der Waals surface area contributed by atoms with Crippen molar-refractivity contribution in [1.82, 2.24) is 0 Å². The van der Waals surface area contributed by atoms with Gasteiger partial charge >= 0.3 is 0 Å². The number of hydrogen-bond donors (Lipinski definition) is 0. The molecule has 2 aromatic rings. The van der Waals surface area contributed by atoms with E-state index in [0.717, 1.165) is 22.3 Å². The first-order valence-electron chi connectivity index (χ1n) is 5.78. The summed E-state index contributed by atoms with van der Waals surface area (Å²) < 4.78 is 0. The zero-order valence-corrected chi connectivity index (χ0v) is 10.4. The molecular weight excluding hydrogens is 208 g/mol. The fraction of sp³-hybridized carbons (Fsp3) is 0.188. The molecule has 0 aliphatic carbocycles. The number of Topliss-reactive ketones (excluding diaryl/α,β-unsaturated/α-hetero) is 1. The maximum absolute atomic E-state index is 11.8. The second-order valence-electron chi connectivity index (χ2n) is 4.37. The van der Waals surface area contributed by atoms with Crippen LogP contribution in [0, 0.1) is 13.8 Å². The van der Waals surface area contributed by atoms with Gasteiger partial charge in [-0.2, -0.15) is 0 Å². The minimum absolute atomic E-state index is 0.126. The Morgan fingerprint density at radius 2 is 1.41 bits per heavy atom. The van der Waals surface area contributed by atoms with Crippen LogP contribution >= 0.6 is 0 Å². The fourth-order valence-electron chi connectivity index (χ4n) is 2.23. The molecule has 0 amide bonds. The van der Waals surface area contributed by atoms with E-state index < -0.39 is 0 Å². The standard InChI is InChI=1S/C16H16O/c1-11-7-4-5-9-14(11)15-10-6-8-12(2)16(15)13(3)17/h4-10H,1-3H3. The van der Waals surface area contributed by atoms with Gasteiger partial charge in [0.1, 0.15) is 0 Å². The van der Waals surface area contributed by atoms with Crippen LogP contribution in [-0.4, -0.2) is 5.78 Å². The molecule has 0 fully saturated rings. The average molecular weight is 224 g/mol. The van der Waals surface area contributed by atoms with Gasteiger partial charge in [-0.1, -0.05) is 42.5 Å². The summed E-state index contributed by atoms with van der Waals surface area (Å²) in [6.07, 6.45) is 0. The van der Waals surface area contributed by atoms with Gasteiger partial charge in [0.2, 0.25) is 0 Å². The summed E-state index contributed by atoms with van der Waals surface area (Å²) in [5.74, 6) is 0.126. The van der Waals surface area contributed by atoms with Crippen molar-refractivity contribution in [2.75, 3.05) is 0 Å². The number of carbonyl (C=O) groups is 1. The lowest BCUT2D eigenvalue weighted by Crippen LogP contribution is -2.00. The Kier molecular flexibility index (Phi) is 3.10.